The van der Waals surface area contributed by atoms with Crippen LogP contribution < -0.4 is 15.8 Å². The fourth-order valence-electron chi connectivity index (χ4n) is 2.09. The fraction of sp³-hybridized carbons (Fsp3) is 0.235. The Morgan fingerprint density at radius 1 is 1.30 bits per heavy atom. The lowest BCUT2D eigenvalue weighted by molar-refractivity contribution is 0.180. The molecule has 23 heavy (non-hydrogen) atoms. The minimum absolute atomic E-state index is 0.144. The topological polar surface area (TPSA) is 79.9 Å². The molecular weight excluding hydrogens is 297 g/mol. The van der Waals surface area contributed by atoms with Crippen LogP contribution in [0.3, 0.4) is 0 Å². The van der Waals surface area contributed by atoms with E-state index in [0.29, 0.717) is 12.1 Å². The summed E-state index contributed by atoms with van der Waals surface area (Å²) in [6.07, 6.45) is -0.870. The maximum atomic E-state index is 13.1. The third-order valence-electron chi connectivity index (χ3n) is 3.32. The third-order valence-corrected chi connectivity index (χ3v) is 3.32. The van der Waals surface area contributed by atoms with Gasteiger partial charge in [0.25, 0.3) is 0 Å². The number of benzene rings is 2. The second-order valence-corrected chi connectivity index (χ2v) is 4.97. The van der Waals surface area contributed by atoms with E-state index in [-0.39, 0.29) is 18.3 Å². The quantitative estimate of drug-likeness (QED) is 0.562. The number of aliphatic hydroxyl groups excluding tert-OH is 1. The summed E-state index contributed by atoms with van der Waals surface area (Å²) in [6, 6.07) is 13.3. The first kappa shape index (κ1) is 16.8. The molecule has 0 fully saturated rings. The largest absolute Gasteiger partial charge is 0.496 e. The van der Waals surface area contributed by atoms with Crippen LogP contribution in [0.1, 0.15) is 17.2 Å². The molecule has 122 valence electrons. The summed E-state index contributed by atoms with van der Waals surface area (Å²) in [5.41, 5.74) is 7.17. The Morgan fingerprint density at radius 3 is 2.83 bits per heavy atom. The van der Waals surface area contributed by atoms with Crippen LogP contribution in [0.25, 0.3) is 0 Å². The Morgan fingerprint density at radius 2 is 2.09 bits per heavy atom. The summed E-state index contributed by atoms with van der Waals surface area (Å²) < 4.78 is 18.4. The number of methoxy groups -OCH3 is 1. The number of nitrogens with two attached hydrogens (primary N) is 1. The number of hydrogen-bond donors (Lipinski definition) is 3. The monoisotopic (exact) mass is 317 g/mol. The van der Waals surface area contributed by atoms with Crippen LogP contribution in [0.2, 0.25) is 0 Å². The maximum absolute atomic E-state index is 13.1. The van der Waals surface area contributed by atoms with Crippen LogP contribution >= 0.6 is 0 Å². The zero-order valence-electron chi connectivity index (χ0n) is 12.9. The molecule has 2 rings (SSSR count). The van der Waals surface area contributed by atoms with E-state index in [2.05, 4.69) is 10.3 Å². The molecule has 0 aliphatic rings. The Bertz CT molecular complexity index is 676. The summed E-state index contributed by atoms with van der Waals surface area (Å²) >= 11 is 0. The lowest BCUT2D eigenvalue weighted by Gasteiger charge is -2.13. The van der Waals surface area contributed by atoms with Gasteiger partial charge < -0.3 is 20.9 Å². The lowest BCUT2D eigenvalue weighted by Crippen LogP contribution is -2.34. The highest BCUT2D eigenvalue weighted by molar-refractivity contribution is 5.77. The maximum Gasteiger partial charge on any atom is 0.189 e. The van der Waals surface area contributed by atoms with Gasteiger partial charge in [0, 0.05) is 12.1 Å². The number of aliphatic hydroxyl groups is 1. The smallest absolute Gasteiger partial charge is 0.189 e. The van der Waals surface area contributed by atoms with Crippen molar-refractivity contribution in [2.75, 3.05) is 13.7 Å². The number of rotatable bonds is 6. The van der Waals surface area contributed by atoms with Crippen LogP contribution in [-0.4, -0.2) is 24.7 Å². The van der Waals surface area contributed by atoms with E-state index in [1.807, 2.05) is 24.3 Å². The Hall–Kier alpha value is -2.60. The molecule has 2 aromatic carbocycles. The average Bonchev–Trinajstić information content (AvgIpc) is 2.58. The van der Waals surface area contributed by atoms with Crippen molar-refractivity contribution in [2.24, 2.45) is 10.7 Å². The Labute approximate surface area is 134 Å². The first-order valence-electron chi connectivity index (χ1n) is 7.19. The van der Waals surface area contributed by atoms with Gasteiger partial charge in [-0.3, -0.25) is 0 Å². The summed E-state index contributed by atoms with van der Waals surface area (Å²) in [5.74, 6) is 0.551. The van der Waals surface area contributed by atoms with Gasteiger partial charge in [-0.05, 0) is 23.8 Å². The van der Waals surface area contributed by atoms with Crippen molar-refractivity contribution in [1.82, 2.24) is 5.32 Å². The van der Waals surface area contributed by atoms with Gasteiger partial charge in [0.15, 0.2) is 5.96 Å². The van der Waals surface area contributed by atoms with Gasteiger partial charge in [0.1, 0.15) is 11.6 Å². The first-order valence-corrected chi connectivity index (χ1v) is 7.19. The molecule has 0 amide bonds. The van der Waals surface area contributed by atoms with E-state index >= 15 is 0 Å². The average molecular weight is 317 g/mol. The predicted octanol–water partition coefficient (Wildman–Crippen LogP) is 1.97. The molecule has 0 unspecified atom stereocenters. The molecule has 1 atom stereocenters. The molecule has 0 saturated heterocycles. The van der Waals surface area contributed by atoms with Crippen molar-refractivity contribution < 1.29 is 14.2 Å². The number of para-hydroxylation sites is 1. The van der Waals surface area contributed by atoms with E-state index in [1.165, 1.54) is 12.1 Å². The number of ether oxygens (including phenoxy) is 1. The number of halogens is 1. The molecule has 0 heterocycles. The van der Waals surface area contributed by atoms with Crippen LogP contribution in [0.4, 0.5) is 4.39 Å². The molecule has 5 nitrogen and oxygen atoms in total. The molecule has 0 aliphatic heterocycles. The standard InChI is InChI=1S/C17H20FN3O2/c1-23-16-8-3-2-5-13(16)10-20-17(19)21-11-15(22)12-6-4-7-14(18)9-12/h2-9,15,22H,10-11H2,1H3,(H3,19,20,21)/t15-/m0/s1. The Balaban J connectivity index is 1.90. The molecule has 0 radical (unpaired) electrons. The number of hydrogen-bond acceptors (Lipinski definition) is 3. The van der Waals surface area contributed by atoms with Crippen molar-refractivity contribution in [3.05, 3.63) is 65.5 Å². The van der Waals surface area contributed by atoms with E-state index in [1.54, 1.807) is 19.2 Å². The van der Waals surface area contributed by atoms with Crippen LogP contribution in [0, 0.1) is 5.82 Å². The highest BCUT2D eigenvalue weighted by Crippen LogP contribution is 2.18. The molecular formula is C17H20FN3O2. The summed E-state index contributed by atoms with van der Waals surface area (Å²) in [7, 11) is 1.60. The van der Waals surface area contributed by atoms with Crippen LogP contribution in [-0.2, 0) is 6.54 Å². The molecule has 4 N–H and O–H groups in total. The zero-order chi connectivity index (χ0) is 16.7. The molecule has 0 bridgehead atoms. The van der Waals surface area contributed by atoms with Gasteiger partial charge in [0.05, 0.1) is 19.8 Å². The van der Waals surface area contributed by atoms with Gasteiger partial charge in [-0.1, -0.05) is 30.3 Å². The van der Waals surface area contributed by atoms with Gasteiger partial charge in [-0.25, -0.2) is 9.38 Å². The molecule has 0 aliphatic carbocycles. The summed E-state index contributed by atoms with van der Waals surface area (Å²) in [4.78, 5) is 4.20. The van der Waals surface area contributed by atoms with Crippen molar-refractivity contribution in [3.8, 4) is 5.75 Å². The normalized spacial score (nSPS) is 12.7. The van der Waals surface area contributed by atoms with Crippen molar-refractivity contribution >= 4 is 5.96 Å². The van der Waals surface area contributed by atoms with E-state index < -0.39 is 6.10 Å². The minimum Gasteiger partial charge on any atom is -0.496 e. The first-order chi connectivity index (χ1) is 11.1. The van der Waals surface area contributed by atoms with E-state index in [4.69, 9.17) is 10.5 Å². The Kier molecular flexibility index (Phi) is 5.94. The number of guanidine groups is 1. The zero-order valence-corrected chi connectivity index (χ0v) is 12.9. The van der Waals surface area contributed by atoms with Gasteiger partial charge in [-0.15, -0.1) is 0 Å². The van der Waals surface area contributed by atoms with Crippen molar-refractivity contribution in [1.29, 1.82) is 0 Å². The SMILES string of the molecule is COc1ccccc1CN=C(N)NC[C@H](O)c1cccc(F)c1. The van der Waals surface area contributed by atoms with E-state index in [0.717, 1.165) is 11.3 Å². The molecule has 6 heteroatoms. The third kappa shape index (κ3) is 4.96. The second-order valence-electron chi connectivity index (χ2n) is 4.97. The van der Waals surface area contributed by atoms with Gasteiger partial charge in [-0.2, -0.15) is 0 Å². The number of aliphatic imine (C=N–C) groups is 1. The van der Waals surface area contributed by atoms with Crippen LogP contribution in [0.15, 0.2) is 53.5 Å². The summed E-state index contributed by atoms with van der Waals surface area (Å²) in [5, 5.41) is 12.8. The molecule has 0 aromatic heterocycles. The lowest BCUT2D eigenvalue weighted by atomic mass is 10.1. The van der Waals surface area contributed by atoms with Gasteiger partial charge in [0.2, 0.25) is 0 Å². The summed E-state index contributed by atoms with van der Waals surface area (Å²) in [6.45, 7) is 0.504. The second kappa shape index (κ2) is 8.14. The number of nitrogens with one attached hydrogen (secondary N) is 1. The highest BCUT2D eigenvalue weighted by atomic mass is 19.1. The number of nitrogens with zero attached hydrogens (tertiary/aromatic N) is 1. The molecule has 0 spiro atoms. The fourth-order valence-corrected chi connectivity index (χ4v) is 2.09. The minimum atomic E-state index is -0.870. The molecule has 0 saturated carbocycles. The van der Waals surface area contributed by atoms with Crippen molar-refractivity contribution in [2.45, 2.75) is 12.6 Å². The van der Waals surface area contributed by atoms with Crippen LogP contribution in [0.5, 0.6) is 5.75 Å². The predicted molar refractivity (Wildman–Crippen MR) is 87.7 cm³/mol. The van der Waals surface area contributed by atoms with E-state index in [9.17, 15) is 9.50 Å². The van der Waals surface area contributed by atoms with Gasteiger partial charge >= 0.3 is 0 Å². The molecule has 2 aromatic rings. The highest BCUT2D eigenvalue weighted by Gasteiger charge is 2.08. The van der Waals surface area contributed by atoms with Crippen molar-refractivity contribution in [3.63, 3.8) is 0 Å².